The van der Waals surface area contributed by atoms with Crippen molar-refractivity contribution >= 4 is 74.5 Å². The Morgan fingerprint density at radius 2 is 0.918 bits per heavy atom. The van der Waals surface area contributed by atoms with E-state index in [1.54, 1.807) is 0 Å². The highest BCUT2D eigenvalue weighted by atomic mass is 16.4. The average Bonchev–Trinajstić information content (AvgIpc) is 3.75. The van der Waals surface area contributed by atoms with Gasteiger partial charge in [0.05, 0.1) is 5.69 Å². The van der Waals surface area contributed by atoms with Gasteiger partial charge in [0, 0.05) is 45.2 Å². The van der Waals surface area contributed by atoms with Crippen molar-refractivity contribution in [2.45, 2.75) is 181 Å². The number of hydrogen-bond donors (Lipinski definition) is 0. The molecule has 11 rings (SSSR count). The third kappa shape index (κ3) is 8.00. The van der Waals surface area contributed by atoms with Gasteiger partial charge in [0.2, 0.25) is 0 Å². The molecule has 3 heterocycles. The highest BCUT2D eigenvalue weighted by molar-refractivity contribution is 7.00. The van der Waals surface area contributed by atoms with Crippen molar-refractivity contribution in [1.82, 2.24) is 0 Å². The molecule has 0 fully saturated rings. The molecule has 5 heteroatoms. The molecule has 2 aliphatic heterocycles. The average molecular weight is 966 g/mol. The van der Waals surface area contributed by atoms with Gasteiger partial charge in [-0.1, -0.05) is 178 Å². The van der Waals surface area contributed by atoms with Crippen LogP contribution in [-0.2, 0) is 37.9 Å². The predicted molar refractivity (Wildman–Crippen MR) is 314 cm³/mol. The Hall–Kier alpha value is -5.94. The number of para-hydroxylation sites is 2. The summed E-state index contributed by atoms with van der Waals surface area (Å²) in [7, 11) is 0. The first kappa shape index (κ1) is 49.3. The molecule has 0 atom stereocenters. The second kappa shape index (κ2) is 16.3. The van der Waals surface area contributed by atoms with Gasteiger partial charge in [0.1, 0.15) is 5.76 Å². The van der Waals surface area contributed by atoms with Crippen molar-refractivity contribution in [1.29, 1.82) is 0 Å². The van der Waals surface area contributed by atoms with Crippen LogP contribution in [0.15, 0.2) is 132 Å². The molecule has 0 bridgehead atoms. The number of benzene rings is 6. The zero-order valence-electron chi connectivity index (χ0n) is 47.3. The lowest BCUT2D eigenvalue weighted by Gasteiger charge is -2.47. The van der Waals surface area contributed by atoms with Crippen LogP contribution in [0.1, 0.15) is 183 Å². The fourth-order valence-electron chi connectivity index (χ4n) is 12.9. The second-order valence-corrected chi connectivity index (χ2v) is 28.1. The van der Waals surface area contributed by atoms with Crippen LogP contribution in [0, 0.1) is 0 Å². The van der Waals surface area contributed by atoms with E-state index in [0.717, 1.165) is 65.8 Å². The van der Waals surface area contributed by atoms with E-state index in [-0.39, 0.29) is 44.6 Å². The third-order valence-electron chi connectivity index (χ3n) is 17.7. The molecular formula is C68H80BN3O. The normalized spacial score (nSPS) is 18.1. The van der Waals surface area contributed by atoms with Crippen molar-refractivity contribution in [3.8, 4) is 0 Å². The fourth-order valence-corrected chi connectivity index (χ4v) is 12.9. The highest BCUT2D eigenvalue weighted by Gasteiger charge is 2.54. The van der Waals surface area contributed by atoms with Gasteiger partial charge < -0.3 is 14.2 Å². The molecule has 6 aromatic carbocycles. The van der Waals surface area contributed by atoms with E-state index in [9.17, 15) is 0 Å². The number of rotatable bonds is 5. The lowest BCUT2D eigenvalue weighted by molar-refractivity contribution is 0.280. The second-order valence-electron chi connectivity index (χ2n) is 28.1. The number of furan rings is 1. The monoisotopic (exact) mass is 966 g/mol. The van der Waals surface area contributed by atoms with Gasteiger partial charge in [0.15, 0.2) is 5.88 Å². The maximum absolute atomic E-state index is 7.78. The highest BCUT2D eigenvalue weighted by Crippen LogP contribution is 2.56. The maximum atomic E-state index is 7.78. The Morgan fingerprint density at radius 1 is 0.438 bits per heavy atom. The van der Waals surface area contributed by atoms with E-state index in [4.69, 9.17) is 4.42 Å². The zero-order chi connectivity index (χ0) is 52.2. The minimum absolute atomic E-state index is 0.00134. The van der Waals surface area contributed by atoms with Crippen molar-refractivity contribution in [2.24, 2.45) is 0 Å². The van der Waals surface area contributed by atoms with Crippen LogP contribution in [0.3, 0.4) is 0 Å². The molecule has 376 valence electrons. The van der Waals surface area contributed by atoms with Crippen molar-refractivity contribution in [3.63, 3.8) is 0 Å². The van der Waals surface area contributed by atoms with Crippen molar-refractivity contribution < 1.29 is 4.42 Å². The maximum Gasteiger partial charge on any atom is 0.256 e. The first-order chi connectivity index (χ1) is 34.1. The van der Waals surface area contributed by atoms with E-state index in [0.29, 0.717) is 0 Å². The summed E-state index contributed by atoms with van der Waals surface area (Å²) in [6, 6.07) is 49.2. The summed E-state index contributed by atoms with van der Waals surface area (Å²) in [4.78, 5) is 7.69. The molecule has 2 aliphatic carbocycles. The van der Waals surface area contributed by atoms with Gasteiger partial charge >= 0.3 is 0 Å². The smallest absolute Gasteiger partial charge is 0.256 e. The van der Waals surface area contributed by atoms with Crippen LogP contribution in [0.4, 0.5) is 51.4 Å². The minimum atomic E-state index is -0.149. The number of fused-ring (bicyclic) bond motifs is 7. The molecule has 0 saturated heterocycles. The topological polar surface area (TPSA) is 22.9 Å². The minimum Gasteiger partial charge on any atom is -0.444 e. The van der Waals surface area contributed by atoms with E-state index < -0.39 is 0 Å². The molecule has 0 amide bonds. The summed E-state index contributed by atoms with van der Waals surface area (Å²) in [5, 5.41) is 0. The summed E-state index contributed by atoms with van der Waals surface area (Å²) >= 11 is 0. The molecule has 0 N–H and O–H groups in total. The molecule has 0 unspecified atom stereocenters. The first-order valence-corrected chi connectivity index (χ1v) is 27.4. The Kier molecular flexibility index (Phi) is 11.0. The summed E-state index contributed by atoms with van der Waals surface area (Å²) in [5.74, 6) is 2.11. The van der Waals surface area contributed by atoms with Gasteiger partial charge in [-0.3, -0.25) is 4.90 Å². The van der Waals surface area contributed by atoms with Crippen LogP contribution in [0.2, 0.25) is 0 Å². The zero-order valence-corrected chi connectivity index (χ0v) is 47.3. The van der Waals surface area contributed by atoms with E-state index in [1.807, 2.05) is 0 Å². The predicted octanol–water partition coefficient (Wildman–Crippen LogP) is 17.4. The molecule has 7 aromatic rings. The molecule has 0 saturated carbocycles. The summed E-state index contributed by atoms with van der Waals surface area (Å²) in [5.41, 5.74) is 21.2. The summed E-state index contributed by atoms with van der Waals surface area (Å²) in [6.45, 7) is 40.8. The van der Waals surface area contributed by atoms with Crippen molar-refractivity contribution in [2.75, 3.05) is 14.7 Å². The van der Waals surface area contributed by atoms with Gasteiger partial charge in [-0.25, -0.2) is 0 Å². The fraction of sp³-hybridized carbons (Fsp3) is 0.412. The standard InChI is InChI=1S/C68H80BN3O/c1-62(2,3)43-28-30-48(31-29-43)72-56-40-50(70(46-24-20-18-21-25-46)47-26-22-19-23-27-47)39-55-58(56)69(59-57-60(73-61(59)72)68(16,17)35-34-67(57,14)15)53-41-51-52(66(12,13)33-32-65(51,10)11)42-54(53)71(55)49-37-44(63(4,5)6)36-45(38-49)64(7,8)9/h18-31,36-42H,32-35H2,1-17H3. The van der Waals surface area contributed by atoms with E-state index >= 15 is 0 Å². The van der Waals surface area contributed by atoms with Crippen LogP contribution in [0.25, 0.3) is 0 Å². The molecule has 4 nitrogen and oxygen atoms in total. The molecule has 1 aromatic heterocycles. The molecule has 0 radical (unpaired) electrons. The number of nitrogens with zero attached hydrogens (tertiary/aromatic N) is 3. The van der Waals surface area contributed by atoms with Crippen molar-refractivity contribution in [3.05, 3.63) is 167 Å². The third-order valence-corrected chi connectivity index (χ3v) is 17.7. The molecule has 0 spiro atoms. The van der Waals surface area contributed by atoms with Gasteiger partial charge in [-0.05, 0) is 175 Å². The number of anilines is 9. The van der Waals surface area contributed by atoms with Crippen LogP contribution in [0.5, 0.6) is 0 Å². The Labute approximate surface area is 439 Å². The summed E-state index contributed by atoms with van der Waals surface area (Å²) in [6.07, 6.45) is 4.45. The molecule has 4 aliphatic rings. The SMILES string of the molecule is CC(C)(C)c1ccc(N2c3cc(N(c4ccccc4)c4ccccc4)cc4c3B(c3cc5c(cc3N4c3cc(C(C)(C)C)cc(C(C)(C)C)c3)C(C)(C)CCC5(C)C)c3c2oc2c3C(C)(C)CCC2(C)C)cc1. The van der Waals surface area contributed by atoms with Gasteiger partial charge in [0.25, 0.3) is 6.71 Å². The Morgan fingerprint density at radius 3 is 1.44 bits per heavy atom. The molecule has 73 heavy (non-hydrogen) atoms. The number of hydrogen-bond acceptors (Lipinski definition) is 4. The quantitative estimate of drug-likeness (QED) is 0.160. The van der Waals surface area contributed by atoms with Crippen LogP contribution in [-0.4, -0.2) is 6.71 Å². The van der Waals surface area contributed by atoms with E-state index in [2.05, 4.69) is 260 Å². The van der Waals surface area contributed by atoms with Gasteiger partial charge in [-0.15, -0.1) is 0 Å². The van der Waals surface area contributed by atoms with E-state index in [1.165, 1.54) is 66.8 Å². The van der Waals surface area contributed by atoms with Crippen LogP contribution >= 0.6 is 0 Å². The Balaban J connectivity index is 1.35. The van der Waals surface area contributed by atoms with Gasteiger partial charge in [-0.2, -0.15) is 0 Å². The first-order valence-electron chi connectivity index (χ1n) is 27.4. The Bertz CT molecular complexity index is 3220. The molecular weight excluding hydrogens is 886 g/mol. The summed E-state index contributed by atoms with van der Waals surface area (Å²) < 4.78 is 7.78. The largest absolute Gasteiger partial charge is 0.444 e. The lowest BCUT2D eigenvalue weighted by atomic mass is 9.32. The van der Waals surface area contributed by atoms with Crippen LogP contribution < -0.4 is 31.1 Å². The lowest BCUT2D eigenvalue weighted by Crippen LogP contribution is -2.63.